The number of aromatic nitrogens is 1. The molecule has 1 N–H and O–H groups in total. The van der Waals surface area contributed by atoms with Gasteiger partial charge in [0.25, 0.3) is 0 Å². The summed E-state index contributed by atoms with van der Waals surface area (Å²) in [6.07, 6.45) is 4.23. The van der Waals surface area contributed by atoms with Crippen molar-refractivity contribution in [1.82, 2.24) is 9.88 Å². The second-order valence-corrected chi connectivity index (χ2v) is 8.82. The number of carbonyl (C=O) groups is 2. The van der Waals surface area contributed by atoms with Gasteiger partial charge in [0.05, 0.1) is 6.42 Å². The van der Waals surface area contributed by atoms with E-state index >= 15 is 0 Å². The first-order valence-corrected chi connectivity index (χ1v) is 11.1. The summed E-state index contributed by atoms with van der Waals surface area (Å²) in [4.78, 5) is 32.6. The highest BCUT2D eigenvalue weighted by Crippen LogP contribution is 2.26. The number of halogens is 1. The molecule has 0 saturated carbocycles. The average molecular weight is 440 g/mol. The summed E-state index contributed by atoms with van der Waals surface area (Å²) in [6.45, 7) is 0.610. The summed E-state index contributed by atoms with van der Waals surface area (Å²) in [6, 6.07) is 16.9. The normalized spacial score (nSPS) is 15.9. The minimum Gasteiger partial charge on any atom is -0.330 e. The number of hydrogen-bond donors (Lipinski definition) is 1. The number of nitrogens with one attached hydrogen (secondary N) is 1. The maximum absolute atomic E-state index is 12.8. The highest BCUT2D eigenvalue weighted by molar-refractivity contribution is 7.15. The Balaban J connectivity index is 1.38. The van der Waals surface area contributed by atoms with Crippen LogP contribution in [-0.4, -0.2) is 34.3 Å². The van der Waals surface area contributed by atoms with Gasteiger partial charge in [-0.3, -0.25) is 9.59 Å². The van der Waals surface area contributed by atoms with Gasteiger partial charge in [-0.1, -0.05) is 60.1 Å². The summed E-state index contributed by atoms with van der Waals surface area (Å²) in [5.41, 5.74) is 1.98. The number of anilines is 1. The van der Waals surface area contributed by atoms with E-state index in [1.807, 2.05) is 54.6 Å². The lowest BCUT2D eigenvalue weighted by Crippen LogP contribution is -2.43. The molecule has 1 aromatic heterocycles. The second kappa shape index (κ2) is 9.41. The Kier molecular flexibility index (Phi) is 6.45. The van der Waals surface area contributed by atoms with Crippen molar-refractivity contribution in [3.63, 3.8) is 0 Å². The Hall–Kier alpha value is -2.70. The van der Waals surface area contributed by atoms with E-state index in [4.69, 9.17) is 11.6 Å². The first-order chi connectivity index (χ1) is 14.6. The van der Waals surface area contributed by atoms with Crippen LogP contribution in [0.3, 0.4) is 0 Å². The van der Waals surface area contributed by atoms with Gasteiger partial charge in [0.15, 0.2) is 5.13 Å². The molecule has 4 rings (SSSR count). The number of carbonyl (C=O) groups excluding carboxylic acids is 2. The molecule has 154 valence electrons. The van der Waals surface area contributed by atoms with Crippen LogP contribution in [0.1, 0.15) is 28.8 Å². The molecule has 2 aromatic carbocycles. The summed E-state index contributed by atoms with van der Waals surface area (Å²) in [5, 5.41) is 4.16. The van der Waals surface area contributed by atoms with Crippen LogP contribution in [0.15, 0.2) is 60.8 Å². The molecule has 7 heteroatoms. The van der Waals surface area contributed by atoms with E-state index in [1.54, 1.807) is 11.1 Å². The zero-order valence-corrected chi connectivity index (χ0v) is 18.0. The van der Waals surface area contributed by atoms with Gasteiger partial charge >= 0.3 is 0 Å². The monoisotopic (exact) mass is 439 g/mol. The first kappa shape index (κ1) is 20.6. The minimum absolute atomic E-state index is 0.0163. The van der Waals surface area contributed by atoms with Gasteiger partial charge in [0.1, 0.15) is 6.04 Å². The number of likely N-dealkylation sites (tertiary alicyclic amines) is 1. The van der Waals surface area contributed by atoms with Gasteiger partial charge in [0, 0.05) is 29.1 Å². The molecule has 1 aliphatic heterocycles. The lowest BCUT2D eigenvalue weighted by molar-refractivity contribution is -0.136. The van der Waals surface area contributed by atoms with Gasteiger partial charge < -0.3 is 10.2 Å². The topological polar surface area (TPSA) is 62.3 Å². The summed E-state index contributed by atoms with van der Waals surface area (Å²) < 4.78 is 0. The molecular formula is C23H22ClN3O2S. The van der Waals surface area contributed by atoms with Crippen LogP contribution in [0.5, 0.6) is 0 Å². The van der Waals surface area contributed by atoms with Crippen LogP contribution in [-0.2, 0) is 22.4 Å². The molecule has 2 heterocycles. The van der Waals surface area contributed by atoms with Crippen LogP contribution >= 0.6 is 22.9 Å². The van der Waals surface area contributed by atoms with E-state index in [9.17, 15) is 9.59 Å². The molecule has 3 aromatic rings. The Morgan fingerprint density at radius 3 is 2.70 bits per heavy atom. The van der Waals surface area contributed by atoms with Crippen LogP contribution in [0.25, 0.3) is 0 Å². The van der Waals surface area contributed by atoms with Crippen molar-refractivity contribution in [2.24, 2.45) is 0 Å². The molecule has 1 unspecified atom stereocenters. The largest absolute Gasteiger partial charge is 0.330 e. The Morgan fingerprint density at radius 1 is 1.13 bits per heavy atom. The van der Waals surface area contributed by atoms with Crippen molar-refractivity contribution in [3.05, 3.63) is 81.8 Å². The molecule has 30 heavy (non-hydrogen) atoms. The zero-order chi connectivity index (χ0) is 20.9. The average Bonchev–Trinajstić information content (AvgIpc) is 3.40. The van der Waals surface area contributed by atoms with Gasteiger partial charge in [-0.2, -0.15) is 0 Å². The fraction of sp³-hybridized carbons (Fsp3) is 0.261. The number of benzene rings is 2. The van der Waals surface area contributed by atoms with Crippen LogP contribution in [0, 0.1) is 0 Å². The van der Waals surface area contributed by atoms with Gasteiger partial charge in [-0.05, 0) is 30.0 Å². The minimum atomic E-state index is -0.447. The maximum Gasteiger partial charge on any atom is 0.248 e. The highest BCUT2D eigenvalue weighted by atomic mass is 35.5. The third kappa shape index (κ3) is 4.89. The van der Waals surface area contributed by atoms with Crippen molar-refractivity contribution < 1.29 is 9.59 Å². The van der Waals surface area contributed by atoms with E-state index in [2.05, 4.69) is 10.3 Å². The fourth-order valence-corrected chi connectivity index (χ4v) is 4.72. The molecule has 0 bridgehead atoms. The van der Waals surface area contributed by atoms with E-state index in [0.717, 1.165) is 27.4 Å². The standard InChI is InChI=1S/C23H22ClN3O2S/c24-19-10-5-4-9-17(19)14-18-15-25-23(30-18)26-22(29)20-11-6-12-27(20)21(28)13-16-7-2-1-3-8-16/h1-5,7-10,15,20H,6,11-14H2,(H,25,26,29). The predicted octanol–water partition coefficient (Wildman–Crippen LogP) is 4.56. The molecule has 0 aliphatic carbocycles. The van der Waals surface area contributed by atoms with Gasteiger partial charge in [-0.25, -0.2) is 4.98 Å². The van der Waals surface area contributed by atoms with E-state index in [1.165, 1.54) is 11.3 Å². The molecule has 0 radical (unpaired) electrons. The summed E-state index contributed by atoms with van der Waals surface area (Å²) in [7, 11) is 0. The smallest absolute Gasteiger partial charge is 0.248 e. The predicted molar refractivity (Wildman–Crippen MR) is 120 cm³/mol. The van der Waals surface area contributed by atoms with E-state index < -0.39 is 6.04 Å². The summed E-state index contributed by atoms with van der Waals surface area (Å²) in [5.74, 6) is -0.190. The van der Waals surface area contributed by atoms with Crippen molar-refractivity contribution >= 4 is 39.9 Å². The SMILES string of the molecule is O=C(Nc1ncc(Cc2ccccc2Cl)s1)C1CCCN1C(=O)Cc1ccccc1. The lowest BCUT2D eigenvalue weighted by Gasteiger charge is -2.23. The van der Waals surface area contributed by atoms with E-state index in [0.29, 0.717) is 30.9 Å². The van der Waals surface area contributed by atoms with E-state index in [-0.39, 0.29) is 11.8 Å². The Bertz CT molecular complexity index is 1040. The number of rotatable bonds is 6. The molecule has 1 aliphatic rings. The molecule has 1 atom stereocenters. The van der Waals surface area contributed by atoms with Crippen molar-refractivity contribution in [1.29, 1.82) is 0 Å². The third-order valence-electron chi connectivity index (χ3n) is 5.18. The highest BCUT2D eigenvalue weighted by Gasteiger charge is 2.34. The quantitative estimate of drug-likeness (QED) is 0.612. The summed E-state index contributed by atoms with van der Waals surface area (Å²) >= 11 is 7.66. The number of nitrogens with zero attached hydrogens (tertiary/aromatic N) is 2. The molecule has 1 fully saturated rings. The fourth-order valence-electron chi connectivity index (χ4n) is 3.68. The van der Waals surface area contributed by atoms with Gasteiger partial charge in [0.2, 0.25) is 11.8 Å². The molecule has 0 spiro atoms. The van der Waals surface area contributed by atoms with Crippen molar-refractivity contribution in [2.75, 3.05) is 11.9 Å². The maximum atomic E-state index is 12.8. The number of hydrogen-bond acceptors (Lipinski definition) is 4. The molecular weight excluding hydrogens is 418 g/mol. The third-order valence-corrected chi connectivity index (χ3v) is 6.46. The molecule has 2 amide bonds. The Morgan fingerprint density at radius 2 is 1.90 bits per heavy atom. The second-order valence-electron chi connectivity index (χ2n) is 7.30. The first-order valence-electron chi connectivity index (χ1n) is 9.92. The number of thiazole rings is 1. The van der Waals surface area contributed by atoms with Crippen LogP contribution in [0.2, 0.25) is 5.02 Å². The lowest BCUT2D eigenvalue weighted by atomic mass is 10.1. The Labute approximate surface area is 184 Å². The van der Waals surface area contributed by atoms with Crippen LogP contribution in [0.4, 0.5) is 5.13 Å². The zero-order valence-electron chi connectivity index (χ0n) is 16.4. The van der Waals surface area contributed by atoms with Crippen LogP contribution < -0.4 is 5.32 Å². The van der Waals surface area contributed by atoms with Gasteiger partial charge in [-0.15, -0.1) is 11.3 Å². The molecule has 1 saturated heterocycles. The van der Waals surface area contributed by atoms with Crippen molar-refractivity contribution in [3.8, 4) is 0 Å². The number of amides is 2. The molecule has 5 nitrogen and oxygen atoms in total. The van der Waals surface area contributed by atoms with Crippen molar-refractivity contribution in [2.45, 2.75) is 31.7 Å².